The molecule has 0 aliphatic heterocycles. The lowest BCUT2D eigenvalue weighted by atomic mass is 10.1. The Labute approximate surface area is 114 Å². The summed E-state index contributed by atoms with van der Waals surface area (Å²) in [6.07, 6.45) is 1.69. The quantitative estimate of drug-likeness (QED) is 0.806. The third-order valence-electron chi connectivity index (χ3n) is 2.50. The highest BCUT2D eigenvalue weighted by molar-refractivity contribution is 6.42. The Morgan fingerprint density at radius 2 is 2.06 bits per heavy atom. The van der Waals surface area contributed by atoms with Gasteiger partial charge < -0.3 is 4.57 Å². The molecule has 0 atom stereocenters. The molecule has 0 N–H and O–H groups in total. The summed E-state index contributed by atoms with van der Waals surface area (Å²) in [5.74, 6) is -0.124. The number of aromatic nitrogens is 1. The predicted molar refractivity (Wildman–Crippen MR) is 69.9 cm³/mol. The Kier molecular flexibility index (Phi) is 3.71. The first-order chi connectivity index (χ1) is 8.61. The number of nitriles is 1. The number of carbonyl (C=O) groups excluding carboxylic acids is 1. The van der Waals surface area contributed by atoms with E-state index in [2.05, 4.69) is 0 Å². The molecule has 0 spiro atoms. The van der Waals surface area contributed by atoms with E-state index in [1.807, 2.05) is 6.07 Å². The van der Waals surface area contributed by atoms with Gasteiger partial charge >= 0.3 is 0 Å². The van der Waals surface area contributed by atoms with Crippen LogP contribution in [-0.4, -0.2) is 10.4 Å². The fourth-order valence-corrected chi connectivity index (χ4v) is 1.87. The first kappa shape index (κ1) is 12.7. The van der Waals surface area contributed by atoms with Gasteiger partial charge in [0.25, 0.3) is 0 Å². The molecule has 0 bridgehead atoms. The summed E-state index contributed by atoms with van der Waals surface area (Å²) in [5, 5.41) is 9.60. The number of carbonyl (C=O) groups is 1. The fourth-order valence-electron chi connectivity index (χ4n) is 1.57. The van der Waals surface area contributed by atoms with Gasteiger partial charge in [-0.2, -0.15) is 5.26 Å². The number of hydrogen-bond acceptors (Lipinski definition) is 2. The molecule has 0 saturated carbocycles. The standard InChI is InChI=1S/C13H8Cl2N2O/c14-11-4-3-9(6-12(11)15)13(18)8-17-5-1-2-10(17)7-16/h1-6H,8H2. The van der Waals surface area contributed by atoms with E-state index in [1.54, 1.807) is 35.0 Å². The fraction of sp³-hybridized carbons (Fsp3) is 0.0769. The van der Waals surface area contributed by atoms with Crippen LogP contribution in [0.15, 0.2) is 36.5 Å². The average Bonchev–Trinajstić information content (AvgIpc) is 2.79. The van der Waals surface area contributed by atoms with Crippen LogP contribution >= 0.6 is 23.2 Å². The molecule has 0 unspecified atom stereocenters. The van der Waals surface area contributed by atoms with Crippen molar-refractivity contribution in [3.63, 3.8) is 0 Å². The van der Waals surface area contributed by atoms with Crippen molar-refractivity contribution in [2.45, 2.75) is 6.54 Å². The van der Waals surface area contributed by atoms with Crippen LogP contribution in [0.3, 0.4) is 0 Å². The van der Waals surface area contributed by atoms with Gasteiger partial charge in [-0.15, -0.1) is 0 Å². The minimum Gasteiger partial charge on any atom is -0.332 e. The second kappa shape index (κ2) is 5.26. The summed E-state index contributed by atoms with van der Waals surface area (Å²) >= 11 is 11.6. The van der Waals surface area contributed by atoms with Gasteiger partial charge in [0.15, 0.2) is 5.78 Å². The molecule has 5 heteroatoms. The Morgan fingerprint density at radius 1 is 1.28 bits per heavy atom. The van der Waals surface area contributed by atoms with Gasteiger partial charge in [0.1, 0.15) is 11.8 Å². The van der Waals surface area contributed by atoms with Crippen LogP contribution in [0.5, 0.6) is 0 Å². The third-order valence-corrected chi connectivity index (χ3v) is 3.24. The molecule has 3 nitrogen and oxygen atoms in total. The number of halogens is 2. The highest BCUT2D eigenvalue weighted by Crippen LogP contribution is 2.23. The molecule has 0 amide bonds. The molecular formula is C13H8Cl2N2O. The highest BCUT2D eigenvalue weighted by atomic mass is 35.5. The van der Waals surface area contributed by atoms with E-state index in [-0.39, 0.29) is 12.3 Å². The minimum absolute atomic E-state index is 0.105. The molecule has 1 aromatic carbocycles. The molecule has 0 fully saturated rings. The van der Waals surface area contributed by atoms with E-state index < -0.39 is 0 Å². The predicted octanol–water partition coefficient (Wildman–Crippen LogP) is 3.55. The van der Waals surface area contributed by atoms with Crippen LogP contribution in [-0.2, 0) is 6.54 Å². The summed E-state index contributed by atoms with van der Waals surface area (Å²) in [4.78, 5) is 12.0. The number of hydrogen-bond donors (Lipinski definition) is 0. The molecule has 0 saturated heterocycles. The Bertz CT molecular complexity index is 641. The van der Waals surface area contributed by atoms with E-state index in [9.17, 15) is 4.79 Å². The second-order valence-corrected chi connectivity index (χ2v) is 4.50. The maximum atomic E-state index is 12.0. The largest absolute Gasteiger partial charge is 0.332 e. The number of Topliss-reactive ketones (excluding diaryl/α,β-unsaturated/α-hetero) is 1. The van der Waals surface area contributed by atoms with Gasteiger partial charge in [0.05, 0.1) is 16.6 Å². The lowest BCUT2D eigenvalue weighted by molar-refractivity contribution is 0.0972. The normalized spacial score (nSPS) is 10.1. The number of benzene rings is 1. The van der Waals surface area contributed by atoms with Crippen LogP contribution < -0.4 is 0 Å². The van der Waals surface area contributed by atoms with Gasteiger partial charge in [0, 0.05) is 11.8 Å². The zero-order chi connectivity index (χ0) is 13.1. The summed E-state index contributed by atoms with van der Waals surface area (Å²) in [6.45, 7) is 0.105. The Balaban J connectivity index is 2.23. The molecule has 90 valence electrons. The molecule has 2 aromatic rings. The van der Waals surface area contributed by atoms with Gasteiger partial charge in [0.2, 0.25) is 0 Å². The zero-order valence-corrected chi connectivity index (χ0v) is 10.7. The first-order valence-electron chi connectivity index (χ1n) is 5.15. The van der Waals surface area contributed by atoms with E-state index in [1.165, 1.54) is 6.07 Å². The molecule has 18 heavy (non-hydrogen) atoms. The van der Waals surface area contributed by atoms with Crippen LogP contribution in [0.1, 0.15) is 16.1 Å². The van der Waals surface area contributed by atoms with Crippen molar-refractivity contribution in [2.24, 2.45) is 0 Å². The van der Waals surface area contributed by atoms with E-state index in [4.69, 9.17) is 28.5 Å². The lowest BCUT2D eigenvalue weighted by Crippen LogP contribution is -2.10. The van der Waals surface area contributed by atoms with E-state index in [0.717, 1.165) is 0 Å². The summed E-state index contributed by atoms with van der Waals surface area (Å²) in [7, 11) is 0. The highest BCUT2D eigenvalue weighted by Gasteiger charge is 2.10. The van der Waals surface area contributed by atoms with Crippen LogP contribution in [0.4, 0.5) is 0 Å². The maximum Gasteiger partial charge on any atom is 0.182 e. The average molecular weight is 279 g/mol. The molecule has 0 aliphatic carbocycles. The van der Waals surface area contributed by atoms with Crippen molar-refractivity contribution in [1.82, 2.24) is 4.57 Å². The van der Waals surface area contributed by atoms with Crippen molar-refractivity contribution >= 4 is 29.0 Å². The van der Waals surface area contributed by atoms with Crippen molar-refractivity contribution in [1.29, 1.82) is 5.26 Å². The number of rotatable bonds is 3. The Morgan fingerprint density at radius 3 is 2.72 bits per heavy atom. The maximum absolute atomic E-state index is 12.0. The van der Waals surface area contributed by atoms with Crippen molar-refractivity contribution in [2.75, 3.05) is 0 Å². The topological polar surface area (TPSA) is 45.8 Å². The molecule has 1 aromatic heterocycles. The summed E-state index contributed by atoms with van der Waals surface area (Å²) < 4.78 is 1.59. The van der Waals surface area contributed by atoms with Gasteiger partial charge in [-0.25, -0.2) is 0 Å². The van der Waals surface area contributed by atoms with Crippen LogP contribution in [0.25, 0.3) is 0 Å². The van der Waals surface area contributed by atoms with Gasteiger partial charge in [-0.05, 0) is 30.3 Å². The number of ketones is 1. The smallest absolute Gasteiger partial charge is 0.182 e. The van der Waals surface area contributed by atoms with Crippen molar-refractivity contribution < 1.29 is 4.79 Å². The number of nitrogens with zero attached hydrogens (tertiary/aromatic N) is 2. The third kappa shape index (κ3) is 2.56. The molecule has 0 aliphatic rings. The monoisotopic (exact) mass is 278 g/mol. The van der Waals surface area contributed by atoms with Crippen molar-refractivity contribution in [3.8, 4) is 6.07 Å². The summed E-state index contributed by atoms with van der Waals surface area (Å²) in [6, 6.07) is 10.1. The summed E-state index contributed by atoms with van der Waals surface area (Å²) in [5.41, 5.74) is 0.922. The minimum atomic E-state index is -0.124. The van der Waals surface area contributed by atoms with Gasteiger partial charge in [-0.3, -0.25) is 4.79 Å². The molecule has 2 rings (SSSR count). The molecule has 1 heterocycles. The SMILES string of the molecule is N#Cc1cccn1CC(=O)c1ccc(Cl)c(Cl)c1. The van der Waals surface area contributed by atoms with Gasteiger partial charge in [-0.1, -0.05) is 23.2 Å². The Hall–Kier alpha value is -1.76. The van der Waals surface area contributed by atoms with E-state index in [0.29, 0.717) is 21.3 Å². The zero-order valence-electron chi connectivity index (χ0n) is 9.23. The van der Waals surface area contributed by atoms with Crippen molar-refractivity contribution in [3.05, 3.63) is 57.8 Å². The molecule has 0 radical (unpaired) electrons. The lowest BCUT2D eigenvalue weighted by Gasteiger charge is -2.05. The van der Waals surface area contributed by atoms with E-state index >= 15 is 0 Å². The van der Waals surface area contributed by atoms with Crippen LogP contribution in [0.2, 0.25) is 10.0 Å². The second-order valence-electron chi connectivity index (χ2n) is 3.69. The first-order valence-corrected chi connectivity index (χ1v) is 5.91. The van der Waals surface area contributed by atoms with Crippen LogP contribution in [0, 0.1) is 11.3 Å². The molecular weight excluding hydrogens is 271 g/mol.